The molecule has 2 rings (SSSR count). The Morgan fingerprint density at radius 3 is 2.35 bits per heavy atom. The molecule has 1 saturated heterocycles. The molecular formula is C15H25NO4. The summed E-state index contributed by atoms with van der Waals surface area (Å²) in [6, 6.07) is 0. The van der Waals surface area contributed by atoms with Crippen molar-refractivity contribution in [1.29, 1.82) is 0 Å². The smallest absolute Gasteiger partial charge is 0.410 e. The number of carboxylic acid groups (broad SMARTS) is 1. The molecular weight excluding hydrogens is 258 g/mol. The van der Waals surface area contributed by atoms with Crippen molar-refractivity contribution in [3.05, 3.63) is 0 Å². The number of carbonyl (C=O) groups excluding carboxylic acids is 1. The number of hydrogen-bond acceptors (Lipinski definition) is 3. The van der Waals surface area contributed by atoms with E-state index in [2.05, 4.69) is 6.92 Å². The largest absolute Gasteiger partial charge is 0.481 e. The summed E-state index contributed by atoms with van der Waals surface area (Å²) >= 11 is 0. The molecule has 4 unspecified atom stereocenters. The normalized spacial score (nSPS) is 33.7. The predicted octanol–water partition coefficient (Wildman–Crippen LogP) is 2.60. The van der Waals surface area contributed by atoms with Crippen molar-refractivity contribution in [2.45, 2.75) is 46.1 Å². The summed E-state index contributed by atoms with van der Waals surface area (Å²) in [4.78, 5) is 24.8. The lowest BCUT2D eigenvalue weighted by atomic mass is 9.82. The second-order valence-corrected chi connectivity index (χ2v) is 7.20. The van der Waals surface area contributed by atoms with Crippen LogP contribution in [0.4, 0.5) is 4.79 Å². The first-order valence-corrected chi connectivity index (χ1v) is 7.40. The number of nitrogens with zero attached hydrogens (tertiary/aromatic N) is 1. The Balaban J connectivity index is 1.87. The van der Waals surface area contributed by atoms with Crippen molar-refractivity contribution in [2.75, 3.05) is 13.1 Å². The maximum atomic E-state index is 12.0. The highest BCUT2D eigenvalue weighted by Gasteiger charge is 2.50. The van der Waals surface area contributed by atoms with Gasteiger partial charge in [0.2, 0.25) is 0 Å². The monoisotopic (exact) mass is 283 g/mol. The van der Waals surface area contributed by atoms with Gasteiger partial charge in [-0.05, 0) is 51.4 Å². The van der Waals surface area contributed by atoms with E-state index in [0.29, 0.717) is 30.8 Å². The average molecular weight is 283 g/mol. The van der Waals surface area contributed by atoms with Gasteiger partial charge in [-0.3, -0.25) is 4.79 Å². The Bertz CT molecular complexity index is 401. The fourth-order valence-electron chi connectivity index (χ4n) is 3.26. The SMILES string of the molecule is CC1CN(C(=O)OC(C)(C)C)CCC1C1CC1C(=O)O. The number of carboxylic acids is 1. The van der Waals surface area contributed by atoms with Gasteiger partial charge in [-0.1, -0.05) is 6.92 Å². The summed E-state index contributed by atoms with van der Waals surface area (Å²) in [6.45, 7) is 9.04. The highest BCUT2D eigenvalue weighted by Crippen LogP contribution is 2.49. The van der Waals surface area contributed by atoms with Crippen LogP contribution in [0.1, 0.15) is 40.5 Å². The van der Waals surface area contributed by atoms with Gasteiger partial charge < -0.3 is 14.7 Å². The van der Waals surface area contributed by atoms with Gasteiger partial charge in [0.1, 0.15) is 5.60 Å². The van der Waals surface area contributed by atoms with Crippen molar-refractivity contribution >= 4 is 12.1 Å². The number of aliphatic carboxylic acids is 1. The molecule has 5 heteroatoms. The standard InChI is InChI=1S/C15H25NO4/c1-9-8-16(14(19)20-15(2,3)4)6-5-10(9)11-7-12(11)13(17)18/h9-12H,5-8H2,1-4H3,(H,17,18). The van der Waals surface area contributed by atoms with Gasteiger partial charge in [-0.2, -0.15) is 0 Å². The van der Waals surface area contributed by atoms with E-state index in [1.165, 1.54) is 0 Å². The fourth-order valence-corrected chi connectivity index (χ4v) is 3.26. The number of rotatable bonds is 2. The topological polar surface area (TPSA) is 66.8 Å². The van der Waals surface area contributed by atoms with E-state index in [0.717, 1.165) is 12.8 Å². The minimum absolute atomic E-state index is 0.157. The second kappa shape index (κ2) is 5.26. The molecule has 1 heterocycles. The molecule has 1 aliphatic heterocycles. The van der Waals surface area contributed by atoms with Crippen LogP contribution in [0.5, 0.6) is 0 Å². The third-order valence-corrected chi connectivity index (χ3v) is 4.33. The van der Waals surface area contributed by atoms with Crippen LogP contribution in [0.2, 0.25) is 0 Å². The minimum Gasteiger partial charge on any atom is -0.481 e. The van der Waals surface area contributed by atoms with Crippen LogP contribution < -0.4 is 0 Å². The zero-order valence-corrected chi connectivity index (χ0v) is 12.8. The van der Waals surface area contributed by atoms with Crippen molar-refractivity contribution in [3.8, 4) is 0 Å². The Morgan fingerprint density at radius 2 is 1.90 bits per heavy atom. The molecule has 1 saturated carbocycles. The van der Waals surface area contributed by atoms with E-state index in [1.54, 1.807) is 4.90 Å². The molecule has 1 amide bonds. The minimum atomic E-state index is -0.670. The molecule has 5 nitrogen and oxygen atoms in total. The lowest BCUT2D eigenvalue weighted by molar-refractivity contribution is -0.139. The van der Waals surface area contributed by atoms with Crippen LogP contribution >= 0.6 is 0 Å². The van der Waals surface area contributed by atoms with E-state index in [9.17, 15) is 9.59 Å². The van der Waals surface area contributed by atoms with Gasteiger partial charge in [0.15, 0.2) is 0 Å². The maximum Gasteiger partial charge on any atom is 0.410 e. The highest BCUT2D eigenvalue weighted by molar-refractivity contribution is 5.73. The Hall–Kier alpha value is -1.26. The molecule has 0 spiro atoms. The fraction of sp³-hybridized carbons (Fsp3) is 0.867. The van der Waals surface area contributed by atoms with Gasteiger partial charge in [0, 0.05) is 13.1 Å². The molecule has 4 atom stereocenters. The van der Waals surface area contributed by atoms with Crippen molar-refractivity contribution in [1.82, 2.24) is 4.90 Å². The average Bonchev–Trinajstić information content (AvgIpc) is 3.06. The molecule has 0 bridgehead atoms. The molecule has 20 heavy (non-hydrogen) atoms. The summed E-state index contributed by atoms with van der Waals surface area (Å²) in [5.74, 6) is 0.246. The van der Waals surface area contributed by atoms with E-state index in [-0.39, 0.29) is 12.0 Å². The van der Waals surface area contributed by atoms with Crippen molar-refractivity contribution in [3.63, 3.8) is 0 Å². The molecule has 0 aromatic carbocycles. The second-order valence-electron chi connectivity index (χ2n) is 7.20. The van der Waals surface area contributed by atoms with E-state index < -0.39 is 11.6 Å². The number of likely N-dealkylation sites (tertiary alicyclic amines) is 1. The lowest BCUT2D eigenvalue weighted by Crippen LogP contribution is -2.45. The molecule has 114 valence electrons. The maximum absolute atomic E-state index is 12.0. The highest BCUT2D eigenvalue weighted by atomic mass is 16.6. The number of amides is 1. The third kappa shape index (κ3) is 3.44. The molecule has 2 aliphatic rings. The van der Waals surface area contributed by atoms with Gasteiger partial charge in [-0.15, -0.1) is 0 Å². The molecule has 0 radical (unpaired) electrons. The summed E-state index contributed by atoms with van der Waals surface area (Å²) in [5.41, 5.74) is -0.470. The van der Waals surface area contributed by atoms with Gasteiger partial charge in [0.05, 0.1) is 5.92 Å². The van der Waals surface area contributed by atoms with Gasteiger partial charge >= 0.3 is 12.1 Å². The predicted molar refractivity (Wildman–Crippen MR) is 74.3 cm³/mol. The number of hydrogen-bond donors (Lipinski definition) is 1. The quantitative estimate of drug-likeness (QED) is 0.846. The number of ether oxygens (including phenoxy) is 1. The van der Waals surface area contributed by atoms with Crippen LogP contribution in [-0.2, 0) is 9.53 Å². The number of carbonyl (C=O) groups is 2. The number of piperidine rings is 1. The van der Waals surface area contributed by atoms with E-state index in [1.807, 2.05) is 20.8 Å². The van der Waals surface area contributed by atoms with Crippen molar-refractivity contribution < 1.29 is 19.4 Å². The van der Waals surface area contributed by atoms with Gasteiger partial charge in [0.25, 0.3) is 0 Å². The van der Waals surface area contributed by atoms with Gasteiger partial charge in [-0.25, -0.2) is 4.79 Å². The molecule has 0 aromatic heterocycles. The summed E-state index contributed by atoms with van der Waals surface area (Å²) < 4.78 is 5.39. The Morgan fingerprint density at radius 1 is 1.25 bits per heavy atom. The van der Waals surface area contributed by atoms with Crippen LogP contribution in [0, 0.1) is 23.7 Å². The van der Waals surface area contributed by atoms with Crippen LogP contribution in [0.25, 0.3) is 0 Å². The zero-order valence-electron chi connectivity index (χ0n) is 12.8. The van der Waals surface area contributed by atoms with Crippen LogP contribution in [0.15, 0.2) is 0 Å². The van der Waals surface area contributed by atoms with Crippen LogP contribution in [0.3, 0.4) is 0 Å². The van der Waals surface area contributed by atoms with Crippen LogP contribution in [-0.4, -0.2) is 40.8 Å². The van der Waals surface area contributed by atoms with E-state index in [4.69, 9.17) is 9.84 Å². The first-order valence-electron chi connectivity index (χ1n) is 7.40. The lowest BCUT2D eigenvalue weighted by Gasteiger charge is -2.37. The summed E-state index contributed by atoms with van der Waals surface area (Å²) in [6.07, 6.45) is 1.43. The molecule has 0 aromatic rings. The molecule has 2 fully saturated rings. The Kier molecular flexibility index (Phi) is 3.98. The summed E-state index contributed by atoms with van der Waals surface area (Å²) in [5, 5.41) is 9.02. The third-order valence-electron chi connectivity index (χ3n) is 4.33. The molecule has 1 N–H and O–H groups in total. The van der Waals surface area contributed by atoms with E-state index >= 15 is 0 Å². The Labute approximate surface area is 120 Å². The summed E-state index contributed by atoms with van der Waals surface area (Å²) in [7, 11) is 0. The zero-order chi connectivity index (χ0) is 15.1. The first kappa shape index (κ1) is 15.1. The van der Waals surface area contributed by atoms with Crippen molar-refractivity contribution in [2.24, 2.45) is 23.7 Å². The first-order chi connectivity index (χ1) is 9.19. The molecule has 1 aliphatic carbocycles.